The van der Waals surface area contributed by atoms with Gasteiger partial charge < -0.3 is 20.1 Å². The van der Waals surface area contributed by atoms with Crippen molar-refractivity contribution < 1.29 is 14.4 Å². The molecule has 0 amide bonds. The van der Waals surface area contributed by atoms with E-state index in [1.165, 1.54) is 26.6 Å². The molecule has 0 saturated carbocycles. The van der Waals surface area contributed by atoms with Crippen LogP contribution in [0.25, 0.3) is 0 Å². The lowest BCUT2D eigenvalue weighted by molar-refractivity contribution is -0.383. The van der Waals surface area contributed by atoms with Crippen molar-refractivity contribution in [3.8, 4) is 11.5 Å². The molecular formula is C19H17Cl2N5O4. The topological polar surface area (TPSA) is 111 Å². The second-order valence-electron chi connectivity index (χ2n) is 5.97. The maximum atomic E-state index is 11.8. The summed E-state index contributed by atoms with van der Waals surface area (Å²) < 4.78 is 10.5. The van der Waals surface area contributed by atoms with Gasteiger partial charge in [0.1, 0.15) is 17.8 Å². The van der Waals surface area contributed by atoms with Gasteiger partial charge in [0.15, 0.2) is 0 Å². The number of ether oxygens (including phenoxy) is 2. The molecule has 0 radical (unpaired) electrons. The van der Waals surface area contributed by atoms with E-state index >= 15 is 0 Å². The van der Waals surface area contributed by atoms with Crippen LogP contribution in [-0.2, 0) is 6.54 Å². The fourth-order valence-electron chi connectivity index (χ4n) is 2.65. The van der Waals surface area contributed by atoms with E-state index in [2.05, 4.69) is 20.6 Å². The average molecular weight is 450 g/mol. The third-order valence-corrected chi connectivity index (χ3v) is 4.65. The maximum Gasteiger partial charge on any atom is 0.353 e. The van der Waals surface area contributed by atoms with E-state index in [1.807, 2.05) is 12.1 Å². The molecule has 156 valence electrons. The Labute approximate surface area is 182 Å². The minimum absolute atomic E-state index is 0.0202. The number of hydrogen-bond donors (Lipinski definition) is 2. The van der Waals surface area contributed by atoms with E-state index < -0.39 is 4.92 Å². The van der Waals surface area contributed by atoms with Crippen LogP contribution in [0.1, 0.15) is 5.56 Å². The molecule has 0 spiro atoms. The number of methoxy groups -OCH3 is 2. The second kappa shape index (κ2) is 9.47. The molecule has 2 aromatic carbocycles. The van der Waals surface area contributed by atoms with Gasteiger partial charge in [0.05, 0.1) is 29.9 Å². The van der Waals surface area contributed by atoms with Crippen molar-refractivity contribution in [2.24, 2.45) is 0 Å². The monoisotopic (exact) mass is 449 g/mol. The van der Waals surface area contributed by atoms with Crippen LogP contribution >= 0.6 is 23.2 Å². The van der Waals surface area contributed by atoms with Gasteiger partial charge >= 0.3 is 5.69 Å². The van der Waals surface area contributed by atoms with Crippen LogP contribution in [0.2, 0.25) is 10.0 Å². The molecule has 0 unspecified atom stereocenters. The van der Waals surface area contributed by atoms with Gasteiger partial charge in [-0.3, -0.25) is 10.1 Å². The number of nitrogens with zero attached hydrogens (tertiary/aromatic N) is 3. The van der Waals surface area contributed by atoms with Crippen molar-refractivity contribution in [3.63, 3.8) is 0 Å². The summed E-state index contributed by atoms with van der Waals surface area (Å²) in [5, 5.41) is 18.5. The van der Waals surface area contributed by atoms with Gasteiger partial charge in [0.25, 0.3) is 0 Å². The van der Waals surface area contributed by atoms with Crippen molar-refractivity contribution >= 4 is 46.2 Å². The van der Waals surface area contributed by atoms with Crippen molar-refractivity contribution in [1.82, 2.24) is 9.97 Å². The fraction of sp³-hybridized carbons (Fsp3) is 0.158. The first-order valence-electron chi connectivity index (χ1n) is 8.59. The minimum atomic E-state index is -0.565. The van der Waals surface area contributed by atoms with Gasteiger partial charge in [0.2, 0.25) is 11.6 Å². The SMILES string of the molecule is COc1cc(OC)c(Nc2ncnc(NCc3ccc(Cl)cc3)c2[N+](=O)[O-])cc1Cl. The summed E-state index contributed by atoms with van der Waals surface area (Å²) in [6.45, 7) is 0.312. The molecule has 0 aliphatic rings. The normalized spacial score (nSPS) is 10.4. The van der Waals surface area contributed by atoms with E-state index in [9.17, 15) is 10.1 Å². The van der Waals surface area contributed by atoms with Gasteiger partial charge in [-0.2, -0.15) is 0 Å². The highest BCUT2D eigenvalue weighted by Crippen LogP contribution is 2.39. The molecule has 0 bridgehead atoms. The predicted molar refractivity (Wildman–Crippen MR) is 115 cm³/mol. The number of anilines is 3. The number of halogens is 2. The molecule has 30 heavy (non-hydrogen) atoms. The number of benzene rings is 2. The summed E-state index contributed by atoms with van der Waals surface area (Å²) in [6.07, 6.45) is 1.22. The van der Waals surface area contributed by atoms with Gasteiger partial charge in [-0.25, -0.2) is 9.97 Å². The van der Waals surface area contributed by atoms with Gasteiger partial charge in [0, 0.05) is 17.6 Å². The van der Waals surface area contributed by atoms with Crippen LogP contribution in [-0.4, -0.2) is 29.1 Å². The Morgan fingerprint density at radius 2 is 1.70 bits per heavy atom. The number of hydrogen-bond acceptors (Lipinski definition) is 8. The molecule has 11 heteroatoms. The minimum Gasteiger partial charge on any atom is -0.495 e. The number of aromatic nitrogens is 2. The van der Waals surface area contributed by atoms with E-state index in [-0.39, 0.29) is 17.3 Å². The lowest BCUT2D eigenvalue weighted by Crippen LogP contribution is -2.08. The predicted octanol–water partition coefficient (Wildman–Crippen LogP) is 5.06. The van der Waals surface area contributed by atoms with Crippen molar-refractivity contribution in [3.05, 3.63) is 68.4 Å². The molecule has 2 N–H and O–H groups in total. The molecule has 0 aliphatic carbocycles. The summed E-state index contributed by atoms with van der Waals surface area (Å²) >= 11 is 12.1. The Bertz CT molecular complexity index is 1060. The molecule has 3 aromatic rings. The first-order chi connectivity index (χ1) is 14.4. The molecule has 0 atom stereocenters. The molecule has 9 nitrogen and oxygen atoms in total. The molecule has 1 aromatic heterocycles. The molecule has 3 rings (SSSR count). The van der Waals surface area contributed by atoms with Crippen LogP contribution in [0.4, 0.5) is 23.0 Å². The summed E-state index contributed by atoms with van der Waals surface area (Å²) in [6, 6.07) is 10.2. The van der Waals surface area contributed by atoms with E-state index in [0.29, 0.717) is 33.8 Å². The third kappa shape index (κ3) is 4.81. The van der Waals surface area contributed by atoms with Crippen molar-refractivity contribution in [2.75, 3.05) is 24.9 Å². The lowest BCUT2D eigenvalue weighted by atomic mass is 10.2. The molecule has 0 saturated heterocycles. The zero-order valence-corrected chi connectivity index (χ0v) is 17.5. The molecule has 1 heterocycles. The second-order valence-corrected chi connectivity index (χ2v) is 6.81. The van der Waals surface area contributed by atoms with Gasteiger partial charge in [-0.15, -0.1) is 0 Å². The average Bonchev–Trinajstić information content (AvgIpc) is 2.73. The van der Waals surface area contributed by atoms with E-state index in [4.69, 9.17) is 32.7 Å². The number of nitro groups is 1. The quantitative estimate of drug-likeness (QED) is 0.362. The number of rotatable bonds is 8. The Balaban J connectivity index is 1.92. The van der Waals surface area contributed by atoms with E-state index in [1.54, 1.807) is 18.2 Å². The summed E-state index contributed by atoms with van der Waals surface area (Å²) in [5.74, 6) is 0.820. The number of nitrogens with one attached hydrogen (secondary N) is 2. The Morgan fingerprint density at radius 3 is 2.33 bits per heavy atom. The van der Waals surface area contributed by atoms with Crippen LogP contribution in [0.15, 0.2) is 42.7 Å². The molecular weight excluding hydrogens is 433 g/mol. The van der Waals surface area contributed by atoms with Crippen molar-refractivity contribution in [2.45, 2.75) is 6.54 Å². The van der Waals surface area contributed by atoms with E-state index in [0.717, 1.165) is 5.56 Å². The summed E-state index contributed by atoms with van der Waals surface area (Å²) in [4.78, 5) is 19.2. The Morgan fingerprint density at radius 1 is 1.03 bits per heavy atom. The molecule has 0 fully saturated rings. The zero-order chi connectivity index (χ0) is 21.7. The third-order valence-electron chi connectivity index (χ3n) is 4.11. The fourth-order valence-corrected chi connectivity index (χ4v) is 3.01. The summed E-state index contributed by atoms with van der Waals surface area (Å²) in [5.41, 5.74) is 0.944. The lowest BCUT2D eigenvalue weighted by Gasteiger charge is -2.14. The van der Waals surface area contributed by atoms with Gasteiger partial charge in [-0.05, 0) is 23.8 Å². The first kappa shape index (κ1) is 21.4. The van der Waals surface area contributed by atoms with Crippen LogP contribution in [0.3, 0.4) is 0 Å². The maximum absolute atomic E-state index is 11.8. The molecule has 0 aliphatic heterocycles. The standard InChI is InChI=1S/C19H17Cl2N5O4/c1-29-15-8-16(30-2)14(7-13(15)21)25-19-17(26(27)28)18(23-10-24-19)22-9-11-3-5-12(20)6-4-11/h3-8,10H,9H2,1-2H3,(H2,22,23,24,25). The van der Waals surface area contributed by atoms with Crippen molar-refractivity contribution in [1.29, 1.82) is 0 Å². The highest BCUT2D eigenvalue weighted by molar-refractivity contribution is 6.32. The van der Waals surface area contributed by atoms with Crippen LogP contribution in [0, 0.1) is 10.1 Å². The zero-order valence-electron chi connectivity index (χ0n) is 16.0. The largest absolute Gasteiger partial charge is 0.495 e. The van der Waals surface area contributed by atoms with Crippen LogP contribution < -0.4 is 20.1 Å². The smallest absolute Gasteiger partial charge is 0.353 e. The first-order valence-corrected chi connectivity index (χ1v) is 9.34. The van der Waals surface area contributed by atoms with Gasteiger partial charge in [-0.1, -0.05) is 35.3 Å². The highest BCUT2D eigenvalue weighted by atomic mass is 35.5. The summed E-state index contributed by atoms with van der Waals surface area (Å²) in [7, 11) is 2.93. The Kier molecular flexibility index (Phi) is 6.76. The van der Waals surface area contributed by atoms with Crippen LogP contribution in [0.5, 0.6) is 11.5 Å². The highest BCUT2D eigenvalue weighted by Gasteiger charge is 2.24. The Hall–Kier alpha value is -3.30.